The molecule has 3 aromatic heterocycles. The standard InChI is InChI=1S/C17H18N6O2S/c1-11-19-22-17(26-11)18-16(24)12-4-2-8-23(10-12)15-7-6-13(20-21-15)14-5-3-9-25-14/h3,5-7,9,12H,2,4,8,10H2,1H3,(H,18,22,24). The molecule has 3 aromatic rings. The molecular weight excluding hydrogens is 352 g/mol. The molecule has 1 unspecified atom stereocenters. The second-order valence-electron chi connectivity index (χ2n) is 6.15. The van der Waals surface area contributed by atoms with Gasteiger partial charge in [0.1, 0.15) is 10.7 Å². The predicted molar refractivity (Wildman–Crippen MR) is 97.9 cm³/mol. The van der Waals surface area contributed by atoms with Crippen molar-refractivity contribution in [2.24, 2.45) is 5.92 Å². The first-order valence-electron chi connectivity index (χ1n) is 8.42. The molecule has 1 atom stereocenters. The summed E-state index contributed by atoms with van der Waals surface area (Å²) in [5.41, 5.74) is 0.691. The highest BCUT2D eigenvalue weighted by atomic mass is 32.1. The fraction of sp³-hybridized carbons (Fsp3) is 0.353. The van der Waals surface area contributed by atoms with Crippen LogP contribution in [-0.2, 0) is 4.79 Å². The van der Waals surface area contributed by atoms with E-state index in [0.717, 1.165) is 30.2 Å². The summed E-state index contributed by atoms with van der Waals surface area (Å²) < 4.78 is 5.33. The number of carbonyl (C=O) groups is 1. The van der Waals surface area contributed by atoms with Gasteiger partial charge in [-0.05, 0) is 44.0 Å². The molecule has 1 saturated heterocycles. The Morgan fingerprint density at radius 1 is 1.27 bits per heavy atom. The van der Waals surface area contributed by atoms with Crippen molar-refractivity contribution in [3.05, 3.63) is 35.5 Å². The summed E-state index contributed by atoms with van der Waals surface area (Å²) in [7, 11) is 0. The minimum atomic E-state index is -0.112. The monoisotopic (exact) mass is 370 g/mol. The summed E-state index contributed by atoms with van der Waals surface area (Å²) in [5.74, 6) is 1.32. The zero-order valence-electron chi connectivity index (χ0n) is 14.3. The number of aromatic nitrogens is 4. The average molecular weight is 370 g/mol. The first kappa shape index (κ1) is 16.6. The number of aryl methyl sites for hydroxylation is 1. The number of carbonyl (C=O) groups excluding carboxylic acids is 1. The van der Waals surface area contributed by atoms with E-state index in [1.54, 1.807) is 6.26 Å². The molecule has 4 rings (SSSR count). The maximum atomic E-state index is 12.5. The van der Waals surface area contributed by atoms with Crippen LogP contribution < -0.4 is 10.2 Å². The van der Waals surface area contributed by atoms with Gasteiger partial charge in [-0.15, -0.1) is 20.4 Å². The Morgan fingerprint density at radius 2 is 2.19 bits per heavy atom. The van der Waals surface area contributed by atoms with Gasteiger partial charge in [0, 0.05) is 13.1 Å². The molecule has 0 radical (unpaired) electrons. The Hall–Kier alpha value is -2.81. The Kier molecular flexibility index (Phi) is 4.61. The smallest absolute Gasteiger partial charge is 0.231 e. The highest BCUT2D eigenvalue weighted by molar-refractivity contribution is 7.15. The van der Waals surface area contributed by atoms with E-state index >= 15 is 0 Å². The van der Waals surface area contributed by atoms with E-state index in [2.05, 4.69) is 30.6 Å². The molecular formula is C17H18N6O2S. The molecule has 0 saturated carbocycles. The Bertz CT molecular complexity index is 877. The third-order valence-electron chi connectivity index (χ3n) is 4.30. The van der Waals surface area contributed by atoms with Crippen LogP contribution in [0.1, 0.15) is 17.8 Å². The zero-order valence-corrected chi connectivity index (χ0v) is 15.1. The van der Waals surface area contributed by atoms with Crippen molar-refractivity contribution in [3.63, 3.8) is 0 Å². The quantitative estimate of drug-likeness (QED) is 0.754. The minimum Gasteiger partial charge on any atom is -0.463 e. The van der Waals surface area contributed by atoms with Crippen molar-refractivity contribution in [1.82, 2.24) is 20.4 Å². The molecule has 1 N–H and O–H groups in total. The lowest BCUT2D eigenvalue weighted by Crippen LogP contribution is -2.41. The maximum absolute atomic E-state index is 12.5. The highest BCUT2D eigenvalue weighted by Crippen LogP contribution is 2.25. The van der Waals surface area contributed by atoms with Crippen LogP contribution >= 0.6 is 11.3 Å². The van der Waals surface area contributed by atoms with E-state index in [4.69, 9.17) is 4.42 Å². The van der Waals surface area contributed by atoms with Crippen molar-refractivity contribution in [1.29, 1.82) is 0 Å². The molecule has 0 spiro atoms. The zero-order chi connectivity index (χ0) is 17.9. The maximum Gasteiger partial charge on any atom is 0.231 e. The Labute approximate surface area is 154 Å². The molecule has 1 amide bonds. The number of anilines is 2. The molecule has 4 heterocycles. The molecule has 1 fully saturated rings. The second-order valence-corrected chi connectivity index (χ2v) is 7.34. The molecule has 0 bridgehead atoms. The molecule has 1 aliphatic rings. The number of nitrogens with zero attached hydrogens (tertiary/aromatic N) is 5. The Morgan fingerprint density at radius 3 is 2.88 bits per heavy atom. The average Bonchev–Trinajstić information content (AvgIpc) is 3.34. The first-order chi connectivity index (χ1) is 12.7. The van der Waals surface area contributed by atoms with E-state index in [0.29, 0.717) is 23.1 Å². The SMILES string of the molecule is Cc1nnc(NC(=O)C2CCCN(c3ccc(-c4ccco4)nn3)C2)s1. The number of furan rings is 1. The molecule has 1 aliphatic heterocycles. The number of hydrogen-bond acceptors (Lipinski definition) is 8. The molecule has 134 valence electrons. The summed E-state index contributed by atoms with van der Waals surface area (Å²) >= 11 is 1.38. The lowest BCUT2D eigenvalue weighted by molar-refractivity contribution is -0.120. The number of rotatable bonds is 4. The van der Waals surface area contributed by atoms with Crippen molar-refractivity contribution < 1.29 is 9.21 Å². The van der Waals surface area contributed by atoms with Gasteiger partial charge in [0.2, 0.25) is 11.0 Å². The number of nitrogens with one attached hydrogen (secondary N) is 1. The van der Waals surface area contributed by atoms with Gasteiger partial charge in [0.05, 0.1) is 12.2 Å². The summed E-state index contributed by atoms with van der Waals surface area (Å²) in [6, 6.07) is 7.46. The summed E-state index contributed by atoms with van der Waals surface area (Å²) in [4.78, 5) is 14.6. The van der Waals surface area contributed by atoms with Gasteiger partial charge in [-0.1, -0.05) is 11.3 Å². The van der Waals surface area contributed by atoms with E-state index in [-0.39, 0.29) is 11.8 Å². The lowest BCUT2D eigenvalue weighted by Gasteiger charge is -2.32. The van der Waals surface area contributed by atoms with Crippen molar-refractivity contribution in [2.45, 2.75) is 19.8 Å². The van der Waals surface area contributed by atoms with Crippen LogP contribution in [0, 0.1) is 12.8 Å². The molecule has 0 aromatic carbocycles. The van der Waals surface area contributed by atoms with E-state index in [9.17, 15) is 4.79 Å². The number of piperidine rings is 1. The van der Waals surface area contributed by atoms with Gasteiger partial charge < -0.3 is 14.6 Å². The van der Waals surface area contributed by atoms with E-state index in [1.807, 2.05) is 31.2 Å². The van der Waals surface area contributed by atoms with Crippen LogP contribution in [0.25, 0.3) is 11.5 Å². The fourth-order valence-corrected chi connectivity index (χ4v) is 3.60. The van der Waals surface area contributed by atoms with Crippen LogP contribution in [0.15, 0.2) is 34.9 Å². The largest absolute Gasteiger partial charge is 0.463 e. The minimum absolute atomic E-state index is 0.0222. The van der Waals surface area contributed by atoms with Crippen molar-refractivity contribution >= 4 is 28.2 Å². The first-order valence-corrected chi connectivity index (χ1v) is 9.24. The third kappa shape index (κ3) is 3.57. The van der Waals surface area contributed by atoms with Crippen LogP contribution in [-0.4, -0.2) is 39.4 Å². The summed E-state index contributed by atoms with van der Waals surface area (Å²) in [5, 5.41) is 20.7. The molecule has 9 heteroatoms. The van der Waals surface area contributed by atoms with E-state index in [1.165, 1.54) is 11.3 Å². The normalized spacial score (nSPS) is 17.3. The van der Waals surface area contributed by atoms with Crippen LogP contribution in [0.4, 0.5) is 10.9 Å². The fourth-order valence-electron chi connectivity index (χ4n) is 3.00. The van der Waals surface area contributed by atoms with E-state index < -0.39 is 0 Å². The molecule has 0 aliphatic carbocycles. The van der Waals surface area contributed by atoms with Gasteiger partial charge >= 0.3 is 0 Å². The Balaban J connectivity index is 1.42. The van der Waals surface area contributed by atoms with Gasteiger partial charge in [0.15, 0.2) is 11.6 Å². The summed E-state index contributed by atoms with van der Waals surface area (Å²) in [6.07, 6.45) is 3.38. The van der Waals surface area contributed by atoms with Gasteiger partial charge in [0.25, 0.3) is 0 Å². The van der Waals surface area contributed by atoms with Crippen LogP contribution in [0.3, 0.4) is 0 Å². The number of amides is 1. The van der Waals surface area contributed by atoms with Gasteiger partial charge in [-0.2, -0.15) is 0 Å². The van der Waals surface area contributed by atoms with Gasteiger partial charge in [-0.25, -0.2) is 0 Å². The lowest BCUT2D eigenvalue weighted by atomic mass is 9.97. The summed E-state index contributed by atoms with van der Waals surface area (Å²) in [6.45, 7) is 3.33. The van der Waals surface area contributed by atoms with Crippen molar-refractivity contribution in [3.8, 4) is 11.5 Å². The van der Waals surface area contributed by atoms with Gasteiger partial charge in [-0.3, -0.25) is 4.79 Å². The second kappa shape index (κ2) is 7.20. The topological polar surface area (TPSA) is 97.0 Å². The highest BCUT2D eigenvalue weighted by Gasteiger charge is 2.27. The van der Waals surface area contributed by atoms with Crippen LogP contribution in [0.2, 0.25) is 0 Å². The van der Waals surface area contributed by atoms with Crippen molar-refractivity contribution in [2.75, 3.05) is 23.3 Å². The number of hydrogen-bond donors (Lipinski definition) is 1. The predicted octanol–water partition coefficient (Wildman–Crippen LogP) is 2.75. The molecule has 26 heavy (non-hydrogen) atoms. The third-order valence-corrected chi connectivity index (χ3v) is 5.05. The molecule has 8 nitrogen and oxygen atoms in total. The van der Waals surface area contributed by atoms with Crippen LogP contribution in [0.5, 0.6) is 0 Å².